The molecular weight excluding hydrogens is 428 g/mol. The van der Waals surface area contributed by atoms with Crippen molar-refractivity contribution in [3.05, 3.63) is 35.9 Å². The molecule has 0 unspecified atom stereocenters. The molecule has 182 valence electrons. The van der Waals surface area contributed by atoms with Gasteiger partial charge < -0.3 is 28.5 Å². The summed E-state index contributed by atoms with van der Waals surface area (Å²) in [6.07, 6.45) is -3.89. The van der Waals surface area contributed by atoms with Gasteiger partial charge in [0.2, 0.25) is 0 Å². The number of methoxy groups -OCH3 is 2. The minimum Gasteiger partial charge on any atom is -0.469 e. The van der Waals surface area contributed by atoms with Crippen LogP contribution in [0.2, 0.25) is 18.1 Å². The molecule has 1 heterocycles. The third kappa shape index (κ3) is 6.39. The van der Waals surface area contributed by atoms with E-state index < -0.39 is 50.6 Å². The Morgan fingerprint density at radius 2 is 1.75 bits per heavy atom. The number of aliphatic hydroxyl groups is 1. The molecule has 0 amide bonds. The zero-order valence-corrected chi connectivity index (χ0v) is 21.9. The molecule has 0 radical (unpaired) electrons. The highest BCUT2D eigenvalue weighted by Gasteiger charge is 2.51. The highest BCUT2D eigenvalue weighted by atomic mass is 28.4. The summed E-state index contributed by atoms with van der Waals surface area (Å²) in [6, 6.07) is 9.84. The van der Waals surface area contributed by atoms with E-state index in [4.69, 9.17) is 23.4 Å². The maximum absolute atomic E-state index is 11.9. The van der Waals surface area contributed by atoms with E-state index in [-0.39, 0.29) is 11.5 Å². The fourth-order valence-electron chi connectivity index (χ4n) is 3.63. The van der Waals surface area contributed by atoms with Crippen molar-refractivity contribution in [2.24, 2.45) is 0 Å². The van der Waals surface area contributed by atoms with Crippen LogP contribution < -0.4 is 0 Å². The molecule has 0 aromatic heterocycles. The van der Waals surface area contributed by atoms with Crippen molar-refractivity contribution in [1.82, 2.24) is 0 Å². The number of aliphatic hydroxyl groups excluding tert-OH is 1. The largest absolute Gasteiger partial charge is 0.469 e. The van der Waals surface area contributed by atoms with Crippen LogP contribution in [0.4, 0.5) is 0 Å². The minimum absolute atomic E-state index is 0.0276. The lowest BCUT2D eigenvalue weighted by Gasteiger charge is -2.48. The van der Waals surface area contributed by atoms with E-state index in [0.29, 0.717) is 0 Å². The number of esters is 1. The van der Waals surface area contributed by atoms with E-state index >= 15 is 0 Å². The van der Waals surface area contributed by atoms with E-state index in [1.165, 1.54) is 7.11 Å². The van der Waals surface area contributed by atoms with Gasteiger partial charge in [0.05, 0.1) is 25.7 Å². The number of rotatable bonds is 8. The molecule has 1 saturated heterocycles. The zero-order valence-electron chi connectivity index (χ0n) is 20.9. The third-order valence-corrected chi connectivity index (χ3v) is 10.9. The molecule has 7 nitrogen and oxygen atoms in total. The third-order valence-electron chi connectivity index (χ3n) is 6.42. The Bertz CT molecular complexity index is 744. The summed E-state index contributed by atoms with van der Waals surface area (Å²) < 4.78 is 29.6. The second kappa shape index (κ2) is 10.3. The van der Waals surface area contributed by atoms with Crippen LogP contribution in [0.15, 0.2) is 30.3 Å². The first kappa shape index (κ1) is 27.0. The topological polar surface area (TPSA) is 83.5 Å². The highest BCUT2D eigenvalue weighted by Crippen LogP contribution is 2.43. The summed E-state index contributed by atoms with van der Waals surface area (Å²) in [6.45, 7) is 14.4. The predicted molar refractivity (Wildman–Crippen MR) is 125 cm³/mol. The second-order valence-corrected chi connectivity index (χ2v) is 15.1. The molecule has 0 aliphatic carbocycles. The fourth-order valence-corrected chi connectivity index (χ4v) is 4.89. The number of hydrogen-bond acceptors (Lipinski definition) is 7. The predicted octanol–water partition coefficient (Wildman–Crippen LogP) is 4.21. The summed E-state index contributed by atoms with van der Waals surface area (Å²) in [7, 11) is 0.677. The van der Waals surface area contributed by atoms with E-state index in [1.54, 1.807) is 21.0 Å². The summed E-state index contributed by atoms with van der Waals surface area (Å²) in [5.74, 6) is -1.49. The number of benzene rings is 1. The number of carbonyl (C=O) groups excluding carboxylic acids is 1. The molecule has 1 aliphatic rings. The Morgan fingerprint density at radius 1 is 1.16 bits per heavy atom. The van der Waals surface area contributed by atoms with E-state index in [0.717, 1.165) is 5.56 Å². The average Bonchev–Trinajstić information content (AvgIpc) is 2.70. The van der Waals surface area contributed by atoms with Gasteiger partial charge in [0.15, 0.2) is 14.1 Å². The van der Waals surface area contributed by atoms with Crippen LogP contribution in [-0.2, 0) is 28.2 Å². The average molecular weight is 469 g/mol. The lowest BCUT2D eigenvalue weighted by molar-refractivity contribution is -0.350. The van der Waals surface area contributed by atoms with Crippen molar-refractivity contribution >= 4 is 14.3 Å². The zero-order chi connectivity index (χ0) is 24.3. The van der Waals surface area contributed by atoms with Crippen molar-refractivity contribution in [2.75, 3.05) is 14.2 Å². The first-order valence-electron chi connectivity index (χ1n) is 11.1. The highest BCUT2D eigenvalue weighted by molar-refractivity contribution is 6.74. The summed E-state index contributed by atoms with van der Waals surface area (Å²) in [5, 5.41) is 11.2. The smallest absolute Gasteiger partial charge is 0.308 e. The molecule has 0 bridgehead atoms. The van der Waals surface area contributed by atoms with Crippen molar-refractivity contribution in [1.29, 1.82) is 0 Å². The lowest BCUT2D eigenvalue weighted by atomic mass is 9.92. The van der Waals surface area contributed by atoms with E-state index in [2.05, 4.69) is 33.9 Å². The Morgan fingerprint density at radius 3 is 2.25 bits per heavy atom. The van der Waals surface area contributed by atoms with Gasteiger partial charge in [0.25, 0.3) is 0 Å². The standard InChI is InChI=1S/C24H40O7Si/c1-23(2,3)32(8,9)31-20(16-13-11-10-12-14-16)22(28-7)21-19(26)17(15-18(25)27-6)29-24(4,5)30-21/h10-14,17,19-22,26H,15H2,1-9H3/t17-,19-,20-,21-,22+/m1/s1. The molecule has 1 aromatic rings. The molecule has 8 heteroatoms. The van der Waals surface area contributed by atoms with E-state index in [9.17, 15) is 9.90 Å². The first-order valence-corrected chi connectivity index (χ1v) is 14.0. The van der Waals surface area contributed by atoms with Gasteiger partial charge in [-0.15, -0.1) is 0 Å². The van der Waals surface area contributed by atoms with Crippen LogP contribution in [0.3, 0.4) is 0 Å². The summed E-state index contributed by atoms with van der Waals surface area (Å²) in [4.78, 5) is 11.9. The molecule has 1 aromatic carbocycles. The SMILES string of the molecule is COC(=O)C[C@H]1OC(C)(C)O[C@@H]([C@@H](OC)[C@H](O[Si](C)(C)C(C)(C)C)c2ccccc2)[C@@H]1O. The Balaban J connectivity index is 2.46. The molecular formula is C24H40O7Si. The van der Waals surface area contributed by atoms with Gasteiger partial charge in [0.1, 0.15) is 18.3 Å². The van der Waals surface area contributed by atoms with Crippen LogP contribution >= 0.6 is 0 Å². The van der Waals surface area contributed by atoms with Crippen LogP contribution in [0, 0.1) is 0 Å². The van der Waals surface area contributed by atoms with Gasteiger partial charge >= 0.3 is 5.97 Å². The molecule has 5 atom stereocenters. The molecule has 0 saturated carbocycles. The summed E-state index contributed by atoms with van der Waals surface area (Å²) in [5.41, 5.74) is 0.939. The van der Waals surface area contributed by atoms with Crippen LogP contribution in [0.5, 0.6) is 0 Å². The Kier molecular flexibility index (Phi) is 8.69. The van der Waals surface area contributed by atoms with E-state index in [1.807, 2.05) is 30.3 Å². The molecule has 32 heavy (non-hydrogen) atoms. The lowest BCUT2D eigenvalue weighted by Crippen LogP contribution is -2.60. The molecule has 1 fully saturated rings. The van der Waals surface area contributed by atoms with Crippen LogP contribution in [0.25, 0.3) is 0 Å². The normalized spacial score (nSPS) is 25.8. The van der Waals surface area contributed by atoms with Gasteiger partial charge in [-0.3, -0.25) is 4.79 Å². The second-order valence-electron chi connectivity index (χ2n) is 10.3. The first-order chi connectivity index (χ1) is 14.7. The van der Waals surface area contributed by atoms with Gasteiger partial charge in [0, 0.05) is 7.11 Å². The Labute approximate surface area is 193 Å². The minimum atomic E-state index is -2.22. The monoisotopic (exact) mass is 468 g/mol. The number of hydrogen-bond donors (Lipinski definition) is 1. The maximum Gasteiger partial charge on any atom is 0.308 e. The number of ether oxygens (including phenoxy) is 4. The summed E-state index contributed by atoms with van der Waals surface area (Å²) >= 11 is 0. The maximum atomic E-state index is 11.9. The van der Waals surface area contributed by atoms with Gasteiger partial charge in [-0.25, -0.2) is 0 Å². The van der Waals surface area contributed by atoms with Crippen LogP contribution in [0.1, 0.15) is 52.7 Å². The Hall–Kier alpha value is -1.29. The molecule has 2 rings (SSSR count). The van der Waals surface area contributed by atoms with Crippen molar-refractivity contribution in [3.8, 4) is 0 Å². The van der Waals surface area contributed by atoms with Gasteiger partial charge in [-0.1, -0.05) is 51.1 Å². The van der Waals surface area contributed by atoms with Crippen LogP contribution in [-0.4, -0.2) is 63.8 Å². The molecule has 1 aliphatic heterocycles. The van der Waals surface area contributed by atoms with Crippen molar-refractivity contribution in [2.45, 2.75) is 95.5 Å². The quantitative estimate of drug-likeness (QED) is 0.452. The van der Waals surface area contributed by atoms with Gasteiger partial charge in [-0.2, -0.15) is 0 Å². The number of carbonyl (C=O) groups is 1. The van der Waals surface area contributed by atoms with Crippen molar-refractivity contribution in [3.63, 3.8) is 0 Å². The molecule has 0 spiro atoms. The van der Waals surface area contributed by atoms with Gasteiger partial charge in [-0.05, 0) is 37.5 Å². The fraction of sp³-hybridized carbons (Fsp3) is 0.708. The van der Waals surface area contributed by atoms with Crippen molar-refractivity contribution < 1.29 is 33.3 Å². The molecule has 1 N–H and O–H groups in total.